The van der Waals surface area contributed by atoms with Crippen molar-refractivity contribution in [3.8, 4) is 0 Å². The second-order valence-electron chi connectivity index (χ2n) is 4.60. The maximum atomic E-state index is 11.6. The van der Waals surface area contributed by atoms with E-state index >= 15 is 0 Å². The number of rotatable bonds is 9. The molecular weight excluding hydrogens is 381 g/mol. The molecule has 0 aromatic rings. The summed E-state index contributed by atoms with van der Waals surface area (Å²) in [6.45, 7) is 3.39. The van der Waals surface area contributed by atoms with Crippen molar-refractivity contribution in [1.82, 2.24) is 0 Å². The standard InChI is InChI=1S/C8H19O12P3/c1-3-16-7-4-6(2)18-8(7)5-17-22(12,13)20-23(14,15)19-21(9,10)11/h6-8H,3-5H2,1-2H3,(H,12,13)(H,14,15)(H2,9,10,11)/t6-,7+,8+/m0/s1. The Labute approximate surface area is 132 Å². The summed E-state index contributed by atoms with van der Waals surface area (Å²) < 4.78 is 55.7. The summed E-state index contributed by atoms with van der Waals surface area (Å²) in [7, 11) is -16.1. The molecule has 0 spiro atoms. The fourth-order valence-electron chi connectivity index (χ4n) is 1.93. The van der Waals surface area contributed by atoms with Gasteiger partial charge in [0.1, 0.15) is 6.10 Å². The lowest BCUT2D eigenvalue weighted by atomic mass is 10.1. The number of ether oxygens (including phenoxy) is 2. The van der Waals surface area contributed by atoms with Gasteiger partial charge in [-0.05, 0) is 13.8 Å². The maximum Gasteiger partial charge on any atom is 0.490 e. The van der Waals surface area contributed by atoms with Crippen molar-refractivity contribution < 1.29 is 55.9 Å². The van der Waals surface area contributed by atoms with E-state index in [2.05, 4.69) is 13.1 Å². The first-order valence-corrected chi connectivity index (χ1v) is 10.9. The Kier molecular flexibility index (Phi) is 7.56. The molecule has 0 aromatic heterocycles. The highest BCUT2D eigenvalue weighted by atomic mass is 31.3. The normalized spacial score (nSPS) is 30.8. The molecule has 12 nitrogen and oxygen atoms in total. The molecule has 1 heterocycles. The van der Waals surface area contributed by atoms with E-state index in [1.165, 1.54) is 0 Å². The van der Waals surface area contributed by atoms with Crippen LogP contribution in [0, 0.1) is 0 Å². The lowest BCUT2D eigenvalue weighted by molar-refractivity contribution is -0.0404. The summed E-state index contributed by atoms with van der Waals surface area (Å²) in [5.41, 5.74) is 0. The summed E-state index contributed by atoms with van der Waals surface area (Å²) in [6, 6.07) is 0. The summed E-state index contributed by atoms with van der Waals surface area (Å²) in [5, 5.41) is 0. The Morgan fingerprint density at radius 2 is 1.70 bits per heavy atom. The van der Waals surface area contributed by atoms with Gasteiger partial charge in [-0.15, -0.1) is 0 Å². The summed E-state index contributed by atoms with van der Waals surface area (Å²) in [5.74, 6) is 0. The molecule has 15 heteroatoms. The van der Waals surface area contributed by atoms with E-state index in [9.17, 15) is 18.6 Å². The van der Waals surface area contributed by atoms with Gasteiger partial charge in [0.25, 0.3) is 0 Å². The zero-order valence-electron chi connectivity index (χ0n) is 12.2. The van der Waals surface area contributed by atoms with Crippen LogP contribution in [-0.4, -0.2) is 51.1 Å². The third-order valence-electron chi connectivity index (χ3n) is 2.58. The zero-order chi connectivity index (χ0) is 17.9. The molecule has 0 saturated carbocycles. The van der Waals surface area contributed by atoms with Crippen molar-refractivity contribution >= 4 is 23.5 Å². The molecule has 0 bridgehead atoms. The van der Waals surface area contributed by atoms with Gasteiger partial charge in [0, 0.05) is 13.0 Å². The summed E-state index contributed by atoms with van der Waals surface area (Å²) in [6.07, 6.45) is -0.767. The molecule has 1 aliphatic heterocycles. The van der Waals surface area contributed by atoms with Gasteiger partial charge < -0.3 is 29.0 Å². The predicted molar refractivity (Wildman–Crippen MR) is 74.2 cm³/mol. The van der Waals surface area contributed by atoms with Gasteiger partial charge in [-0.25, -0.2) is 13.7 Å². The number of hydrogen-bond donors (Lipinski definition) is 4. The van der Waals surface area contributed by atoms with Crippen LogP contribution in [0.15, 0.2) is 0 Å². The Bertz CT molecular complexity index is 530. The van der Waals surface area contributed by atoms with Crippen molar-refractivity contribution in [2.45, 2.75) is 38.6 Å². The molecule has 1 fully saturated rings. The highest BCUT2D eigenvalue weighted by molar-refractivity contribution is 7.66. The first-order valence-electron chi connectivity index (χ1n) is 6.39. The van der Waals surface area contributed by atoms with Crippen LogP contribution in [0.2, 0.25) is 0 Å². The topological polar surface area (TPSA) is 178 Å². The minimum Gasteiger partial charge on any atom is -0.376 e. The average Bonchev–Trinajstić information content (AvgIpc) is 2.63. The van der Waals surface area contributed by atoms with Crippen LogP contribution in [0.25, 0.3) is 0 Å². The molecule has 2 unspecified atom stereocenters. The maximum absolute atomic E-state index is 11.6. The fraction of sp³-hybridized carbons (Fsp3) is 1.00. The Hall–Kier alpha value is 0.330. The number of hydrogen-bond acceptors (Lipinski definition) is 8. The molecule has 1 saturated heterocycles. The van der Waals surface area contributed by atoms with Crippen LogP contribution < -0.4 is 0 Å². The summed E-state index contributed by atoms with van der Waals surface area (Å²) >= 11 is 0. The van der Waals surface area contributed by atoms with E-state index < -0.39 is 42.3 Å². The molecule has 5 atom stereocenters. The van der Waals surface area contributed by atoms with E-state index in [0.29, 0.717) is 13.0 Å². The molecular formula is C8H19O12P3. The monoisotopic (exact) mass is 400 g/mol. The minimum atomic E-state index is -5.51. The molecule has 1 aliphatic rings. The molecule has 23 heavy (non-hydrogen) atoms. The van der Waals surface area contributed by atoms with E-state index in [1.807, 2.05) is 0 Å². The van der Waals surface area contributed by atoms with Gasteiger partial charge in [0.15, 0.2) is 0 Å². The van der Waals surface area contributed by atoms with Crippen molar-refractivity contribution in [2.24, 2.45) is 0 Å². The van der Waals surface area contributed by atoms with Crippen LogP contribution in [0.1, 0.15) is 20.3 Å². The SMILES string of the molecule is CCO[C@@H]1C[C@H](C)O[C@@H]1COP(=O)(O)OP(=O)(O)OP(=O)(O)O. The average molecular weight is 400 g/mol. The van der Waals surface area contributed by atoms with Gasteiger partial charge in [-0.3, -0.25) is 4.52 Å². The Morgan fingerprint density at radius 1 is 1.09 bits per heavy atom. The second-order valence-corrected chi connectivity index (χ2v) is 9.02. The van der Waals surface area contributed by atoms with E-state index in [4.69, 9.17) is 24.2 Å². The third kappa shape index (κ3) is 8.31. The highest BCUT2D eigenvalue weighted by Crippen LogP contribution is 2.66. The molecule has 0 radical (unpaired) electrons. The number of phosphoric ester groups is 1. The molecule has 4 N–H and O–H groups in total. The quantitative estimate of drug-likeness (QED) is 0.403. The van der Waals surface area contributed by atoms with Crippen LogP contribution in [0.3, 0.4) is 0 Å². The largest absolute Gasteiger partial charge is 0.490 e. The van der Waals surface area contributed by atoms with E-state index in [-0.39, 0.29) is 6.10 Å². The lowest BCUT2D eigenvalue weighted by Crippen LogP contribution is -2.29. The minimum absolute atomic E-state index is 0.180. The smallest absolute Gasteiger partial charge is 0.376 e. The van der Waals surface area contributed by atoms with E-state index in [0.717, 1.165) is 0 Å². The third-order valence-corrected chi connectivity index (χ3v) is 6.39. The van der Waals surface area contributed by atoms with Crippen molar-refractivity contribution in [3.05, 3.63) is 0 Å². The molecule has 0 aliphatic carbocycles. The highest BCUT2D eigenvalue weighted by Gasteiger charge is 2.42. The molecule has 1 rings (SSSR count). The fourth-order valence-corrected chi connectivity index (χ4v) is 4.96. The molecule has 0 aromatic carbocycles. The van der Waals surface area contributed by atoms with Gasteiger partial charge in [0.2, 0.25) is 0 Å². The van der Waals surface area contributed by atoms with Crippen LogP contribution in [0.4, 0.5) is 0 Å². The Morgan fingerprint density at radius 3 is 2.22 bits per heavy atom. The zero-order valence-corrected chi connectivity index (χ0v) is 14.9. The van der Waals surface area contributed by atoms with Crippen molar-refractivity contribution in [1.29, 1.82) is 0 Å². The van der Waals surface area contributed by atoms with Gasteiger partial charge in [-0.1, -0.05) is 0 Å². The predicted octanol–water partition coefficient (Wildman–Crippen LogP) is 0.912. The van der Waals surface area contributed by atoms with Gasteiger partial charge >= 0.3 is 23.5 Å². The summed E-state index contributed by atoms with van der Waals surface area (Å²) in [4.78, 5) is 35.2. The first-order chi connectivity index (χ1) is 10.3. The van der Waals surface area contributed by atoms with E-state index in [1.54, 1.807) is 13.8 Å². The lowest BCUT2D eigenvalue weighted by Gasteiger charge is -2.20. The van der Waals surface area contributed by atoms with Crippen LogP contribution >= 0.6 is 23.5 Å². The number of phosphoric acid groups is 3. The van der Waals surface area contributed by atoms with Crippen LogP contribution in [-0.2, 0) is 36.3 Å². The van der Waals surface area contributed by atoms with Crippen molar-refractivity contribution in [2.75, 3.05) is 13.2 Å². The molecule has 138 valence electrons. The van der Waals surface area contributed by atoms with Crippen LogP contribution in [0.5, 0.6) is 0 Å². The molecule has 0 amide bonds. The van der Waals surface area contributed by atoms with Gasteiger partial charge in [0.05, 0.1) is 18.8 Å². The Balaban J connectivity index is 2.60. The second kappa shape index (κ2) is 8.14. The first kappa shape index (κ1) is 21.4. The van der Waals surface area contributed by atoms with Gasteiger partial charge in [-0.2, -0.15) is 8.62 Å². The van der Waals surface area contributed by atoms with Crippen molar-refractivity contribution in [3.63, 3.8) is 0 Å².